The molecule has 3 rings (SSSR count). The van der Waals surface area contributed by atoms with Crippen LogP contribution in [0.25, 0.3) is 11.0 Å². The molecule has 0 aliphatic rings. The Morgan fingerprint density at radius 3 is 2.59 bits per heavy atom. The summed E-state index contributed by atoms with van der Waals surface area (Å²) in [5.74, 6) is -0.469. The first-order valence-corrected chi connectivity index (χ1v) is 10.7. The molecule has 154 valence electrons. The van der Waals surface area contributed by atoms with Crippen molar-refractivity contribution in [1.29, 1.82) is 0 Å². The van der Waals surface area contributed by atoms with Crippen LogP contribution >= 0.6 is 0 Å². The van der Waals surface area contributed by atoms with Crippen LogP contribution in [0.2, 0.25) is 0 Å². The SMILES string of the molecule is COC(=O)[C@H](CC(C)C)NS(=O)(=O)c1ccc(Cn2cnc3ccncc32)cc1. The topological polar surface area (TPSA) is 103 Å². The Labute approximate surface area is 170 Å². The summed E-state index contributed by atoms with van der Waals surface area (Å²) in [6.07, 6.45) is 5.51. The third-order valence-electron chi connectivity index (χ3n) is 4.50. The summed E-state index contributed by atoms with van der Waals surface area (Å²) >= 11 is 0. The van der Waals surface area contributed by atoms with Gasteiger partial charge in [-0.2, -0.15) is 4.72 Å². The van der Waals surface area contributed by atoms with E-state index in [1.165, 1.54) is 19.2 Å². The van der Waals surface area contributed by atoms with Crippen molar-refractivity contribution < 1.29 is 17.9 Å². The fourth-order valence-electron chi connectivity index (χ4n) is 3.06. The molecule has 0 saturated heterocycles. The molecule has 0 radical (unpaired) electrons. The van der Waals surface area contributed by atoms with Crippen molar-refractivity contribution in [3.05, 3.63) is 54.6 Å². The largest absolute Gasteiger partial charge is 0.468 e. The Bertz CT molecular complexity index is 1090. The first-order chi connectivity index (χ1) is 13.8. The second-order valence-corrected chi connectivity index (χ2v) is 8.92. The third kappa shape index (κ3) is 4.99. The number of pyridine rings is 1. The number of carbonyl (C=O) groups is 1. The van der Waals surface area contributed by atoms with E-state index in [4.69, 9.17) is 4.74 Å². The summed E-state index contributed by atoms with van der Waals surface area (Å²) < 4.78 is 34.5. The van der Waals surface area contributed by atoms with Gasteiger partial charge < -0.3 is 9.30 Å². The van der Waals surface area contributed by atoms with Crippen LogP contribution in [-0.2, 0) is 26.1 Å². The Hall–Kier alpha value is -2.78. The molecular formula is C20H24N4O4S. The minimum Gasteiger partial charge on any atom is -0.468 e. The molecule has 1 atom stereocenters. The Morgan fingerprint density at radius 1 is 1.21 bits per heavy atom. The molecule has 8 nitrogen and oxygen atoms in total. The first kappa shape index (κ1) is 20.9. The first-order valence-electron chi connectivity index (χ1n) is 9.24. The van der Waals surface area contributed by atoms with Crippen molar-refractivity contribution in [2.45, 2.75) is 37.8 Å². The van der Waals surface area contributed by atoms with Crippen LogP contribution in [0.3, 0.4) is 0 Å². The molecule has 0 aliphatic heterocycles. The molecule has 0 aliphatic carbocycles. The lowest BCUT2D eigenvalue weighted by molar-refractivity contribution is -0.143. The molecule has 0 fully saturated rings. The van der Waals surface area contributed by atoms with E-state index < -0.39 is 22.0 Å². The number of aromatic nitrogens is 3. The van der Waals surface area contributed by atoms with Gasteiger partial charge in [0.05, 0.1) is 35.6 Å². The average Bonchev–Trinajstić information content (AvgIpc) is 3.10. The van der Waals surface area contributed by atoms with Gasteiger partial charge >= 0.3 is 5.97 Å². The second-order valence-electron chi connectivity index (χ2n) is 7.21. The van der Waals surface area contributed by atoms with Crippen LogP contribution in [0.4, 0.5) is 0 Å². The van der Waals surface area contributed by atoms with Gasteiger partial charge in [-0.25, -0.2) is 13.4 Å². The molecule has 9 heteroatoms. The van der Waals surface area contributed by atoms with E-state index in [9.17, 15) is 13.2 Å². The summed E-state index contributed by atoms with van der Waals surface area (Å²) in [5.41, 5.74) is 2.67. The quantitative estimate of drug-likeness (QED) is 0.566. The molecule has 29 heavy (non-hydrogen) atoms. The number of methoxy groups -OCH3 is 1. The average molecular weight is 417 g/mol. The smallest absolute Gasteiger partial charge is 0.323 e. The van der Waals surface area contributed by atoms with Gasteiger partial charge in [0, 0.05) is 12.7 Å². The minimum absolute atomic E-state index is 0.0936. The second kappa shape index (κ2) is 8.71. The number of ether oxygens (including phenoxy) is 1. The van der Waals surface area contributed by atoms with Gasteiger partial charge in [-0.15, -0.1) is 0 Å². The molecule has 1 N–H and O–H groups in total. The van der Waals surface area contributed by atoms with Crippen LogP contribution in [0.1, 0.15) is 25.8 Å². The number of fused-ring (bicyclic) bond motifs is 1. The van der Waals surface area contributed by atoms with E-state index in [0.717, 1.165) is 16.6 Å². The third-order valence-corrected chi connectivity index (χ3v) is 5.99. The van der Waals surface area contributed by atoms with Crippen LogP contribution in [0.15, 0.2) is 53.9 Å². The molecule has 0 amide bonds. The lowest BCUT2D eigenvalue weighted by Gasteiger charge is -2.18. The van der Waals surface area contributed by atoms with Crippen LogP contribution in [0.5, 0.6) is 0 Å². The van der Waals surface area contributed by atoms with Crippen molar-refractivity contribution in [3.63, 3.8) is 0 Å². The molecule has 2 heterocycles. The fraction of sp³-hybridized carbons (Fsp3) is 0.350. The summed E-state index contributed by atoms with van der Waals surface area (Å²) in [4.78, 5) is 20.5. The molecule has 2 aromatic heterocycles. The maximum Gasteiger partial charge on any atom is 0.323 e. The van der Waals surface area contributed by atoms with Crippen molar-refractivity contribution in [2.75, 3.05) is 7.11 Å². The number of nitrogens with one attached hydrogen (secondary N) is 1. The van der Waals surface area contributed by atoms with Gasteiger partial charge in [0.2, 0.25) is 10.0 Å². The van der Waals surface area contributed by atoms with E-state index in [1.54, 1.807) is 30.9 Å². The van der Waals surface area contributed by atoms with E-state index in [2.05, 4.69) is 14.7 Å². The molecule has 0 bridgehead atoms. The maximum absolute atomic E-state index is 12.7. The lowest BCUT2D eigenvalue weighted by atomic mass is 10.1. The molecule has 1 aromatic carbocycles. The monoisotopic (exact) mass is 416 g/mol. The zero-order valence-corrected chi connectivity index (χ0v) is 17.4. The number of esters is 1. The standard InChI is InChI=1S/C20H24N4O4S/c1-14(2)10-18(20(25)28-3)23-29(26,27)16-6-4-15(5-7-16)12-24-13-22-17-8-9-21-11-19(17)24/h4-9,11,13-14,18,23H,10,12H2,1-3H3/t18-/m0/s1. The highest BCUT2D eigenvalue weighted by Gasteiger charge is 2.27. The van der Waals surface area contributed by atoms with Gasteiger partial charge in [-0.1, -0.05) is 26.0 Å². The highest BCUT2D eigenvalue weighted by atomic mass is 32.2. The number of nitrogens with zero attached hydrogens (tertiary/aromatic N) is 3. The number of hydrogen-bond donors (Lipinski definition) is 1. The van der Waals surface area contributed by atoms with Gasteiger partial charge in [0.1, 0.15) is 6.04 Å². The highest BCUT2D eigenvalue weighted by Crippen LogP contribution is 2.17. The van der Waals surface area contributed by atoms with Crippen molar-refractivity contribution in [3.8, 4) is 0 Å². The zero-order valence-electron chi connectivity index (χ0n) is 16.6. The predicted octanol–water partition coefficient (Wildman–Crippen LogP) is 2.35. The maximum atomic E-state index is 12.7. The number of hydrogen-bond acceptors (Lipinski definition) is 6. The van der Waals surface area contributed by atoms with E-state index in [0.29, 0.717) is 13.0 Å². The predicted molar refractivity (Wildman–Crippen MR) is 109 cm³/mol. The molecule has 0 unspecified atom stereocenters. The van der Waals surface area contributed by atoms with Crippen molar-refractivity contribution in [2.24, 2.45) is 5.92 Å². The van der Waals surface area contributed by atoms with Gasteiger partial charge in [0.25, 0.3) is 0 Å². The van der Waals surface area contributed by atoms with Gasteiger partial charge in [-0.05, 0) is 36.1 Å². The summed E-state index contributed by atoms with van der Waals surface area (Å²) in [5, 5.41) is 0. The molecule has 3 aromatic rings. The van der Waals surface area contributed by atoms with Crippen LogP contribution in [0, 0.1) is 5.92 Å². The number of rotatable bonds is 8. The number of sulfonamides is 1. The van der Waals surface area contributed by atoms with Crippen LogP contribution in [-0.4, -0.2) is 42.1 Å². The van der Waals surface area contributed by atoms with Crippen molar-refractivity contribution in [1.82, 2.24) is 19.3 Å². The Morgan fingerprint density at radius 2 is 1.93 bits per heavy atom. The zero-order chi connectivity index (χ0) is 21.0. The van der Waals surface area contributed by atoms with E-state index >= 15 is 0 Å². The minimum atomic E-state index is -3.85. The molecule has 0 spiro atoms. The van der Waals surface area contributed by atoms with Gasteiger partial charge in [0.15, 0.2) is 0 Å². The highest BCUT2D eigenvalue weighted by molar-refractivity contribution is 7.89. The van der Waals surface area contributed by atoms with Crippen LogP contribution < -0.4 is 4.72 Å². The summed E-state index contributed by atoms with van der Waals surface area (Å²) in [6.45, 7) is 4.36. The summed E-state index contributed by atoms with van der Waals surface area (Å²) in [6, 6.07) is 7.45. The summed E-state index contributed by atoms with van der Waals surface area (Å²) in [7, 11) is -2.61. The van der Waals surface area contributed by atoms with Crippen molar-refractivity contribution >= 4 is 27.0 Å². The normalized spacial score (nSPS) is 13.0. The Balaban J connectivity index is 1.76. The molecule has 0 saturated carbocycles. The van der Waals surface area contributed by atoms with Gasteiger partial charge in [-0.3, -0.25) is 9.78 Å². The van der Waals surface area contributed by atoms with E-state index in [-0.39, 0.29) is 10.8 Å². The fourth-order valence-corrected chi connectivity index (χ4v) is 4.26. The number of imidazole rings is 1. The lowest BCUT2D eigenvalue weighted by Crippen LogP contribution is -2.42. The molecular weight excluding hydrogens is 392 g/mol. The Kier molecular flexibility index (Phi) is 6.29. The number of carbonyl (C=O) groups excluding carboxylic acids is 1. The van der Waals surface area contributed by atoms with E-state index in [1.807, 2.05) is 24.5 Å². The number of benzene rings is 1.